The number of anilines is 2. The predicted octanol–water partition coefficient (Wildman–Crippen LogP) is 5.73. The molecule has 0 aliphatic carbocycles. The molecule has 0 unspecified atom stereocenters. The van der Waals surface area contributed by atoms with E-state index in [0.29, 0.717) is 9.80 Å². The Balaban J connectivity index is 3.75. The standard InChI is InChI=1S/C25H39N3O9/c1-22(2,3)34-18(30)27(19(31)35-23(4,5)6)16-13-15(29)14-17(26-16)28(20(32)36-24(7,8)9)21(33)37-25(10,11)12/h13-14H,1-12H3,(H,26,29). The molecule has 0 spiro atoms. The van der Waals surface area contributed by atoms with Crippen LogP contribution >= 0.6 is 0 Å². The van der Waals surface area contributed by atoms with Gasteiger partial charge in [-0.1, -0.05) is 0 Å². The van der Waals surface area contributed by atoms with Crippen LogP contribution in [0.5, 0.6) is 0 Å². The Morgan fingerprint density at radius 3 is 0.946 bits per heavy atom. The van der Waals surface area contributed by atoms with Gasteiger partial charge in [-0.05, 0) is 83.1 Å². The number of hydrogen-bond acceptors (Lipinski definition) is 9. The fraction of sp³-hybridized carbons (Fsp3) is 0.640. The van der Waals surface area contributed by atoms with Crippen molar-refractivity contribution in [2.24, 2.45) is 0 Å². The SMILES string of the molecule is CC(C)(C)OC(=O)N(C(=O)OC(C)(C)C)c1cc(=O)cc(N(C(=O)OC(C)(C)C)C(=O)OC(C)(C)C)[nH]1. The van der Waals surface area contributed by atoms with Gasteiger partial charge in [-0.25, -0.2) is 19.2 Å². The summed E-state index contributed by atoms with van der Waals surface area (Å²) in [7, 11) is 0. The quantitative estimate of drug-likeness (QED) is 0.479. The Labute approximate surface area is 217 Å². The number of hydrogen-bond donors (Lipinski definition) is 1. The number of carbonyl (C=O) groups excluding carboxylic acids is 4. The molecule has 37 heavy (non-hydrogen) atoms. The molecule has 208 valence electrons. The highest BCUT2D eigenvalue weighted by Crippen LogP contribution is 2.24. The number of H-pyrrole nitrogens is 1. The van der Waals surface area contributed by atoms with Gasteiger partial charge in [0, 0.05) is 12.1 Å². The molecular weight excluding hydrogens is 486 g/mol. The minimum Gasteiger partial charge on any atom is -0.443 e. The van der Waals surface area contributed by atoms with Gasteiger partial charge in [0.15, 0.2) is 5.43 Å². The third kappa shape index (κ3) is 10.9. The lowest BCUT2D eigenvalue weighted by Crippen LogP contribution is -2.46. The Kier molecular flexibility index (Phi) is 9.19. The van der Waals surface area contributed by atoms with Crippen LogP contribution in [0.2, 0.25) is 0 Å². The van der Waals surface area contributed by atoms with E-state index in [2.05, 4.69) is 4.98 Å². The third-order valence-electron chi connectivity index (χ3n) is 3.60. The number of pyridine rings is 1. The monoisotopic (exact) mass is 525 g/mol. The molecule has 12 nitrogen and oxygen atoms in total. The molecule has 0 atom stereocenters. The second-order valence-electron chi connectivity index (χ2n) is 12.2. The van der Waals surface area contributed by atoms with E-state index in [1.807, 2.05) is 0 Å². The number of rotatable bonds is 2. The van der Waals surface area contributed by atoms with Crippen LogP contribution in [0.15, 0.2) is 16.9 Å². The van der Waals surface area contributed by atoms with Crippen molar-refractivity contribution in [3.63, 3.8) is 0 Å². The van der Waals surface area contributed by atoms with Gasteiger partial charge in [-0.3, -0.25) is 4.79 Å². The number of imide groups is 2. The van der Waals surface area contributed by atoms with E-state index in [4.69, 9.17) is 18.9 Å². The Hall–Kier alpha value is -3.57. The van der Waals surface area contributed by atoms with E-state index in [1.54, 1.807) is 83.1 Å². The van der Waals surface area contributed by atoms with E-state index in [-0.39, 0.29) is 0 Å². The molecular formula is C25H39N3O9. The van der Waals surface area contributed by atoms with Crippen LogP contribution in [0.4, 0.5) is 30.8 Å². The number of carbonyl (C=O) groups is 4. The normalized spacial score (nSPS) is 12.3. The molecule has 0 aromatic carbocycles. The molecule has 0 fully saturated rings. The maximum Gasteiger partial charge on any atom is 0.425 e. The third-order valence-corrected chi connectivity index (χ3v) is 3.60. The molecule has 0 aliphatic heterocycles. The summed E-state index contributed by atoms with van der Waals surface area (Å²) in [6.45, 7) is 19.0. The Morgan fingerprint density at radius 2 is 0.757 bits per heavy atom. The van der Waals surface area contributed by atoms with Crippen molar-refractivity contribution in [2.45, 2.75) is 105 Å². The maximum atomic E-state index is 13.0. The van der Waals surface area contributed by atoms with Gasteiger partial charge >= 0.3 is 24.4 Å². The zero-order chi connectivity index (χ0) is 29.1. The number of aromatic nitrogens is 1. The fourth-order valence-electron chi connectivity index (χ4n) is 2.53. The highest BCUT2D eigenvalue weighted by molar-refractivity contribution is 6.11. The molecule has 0 saturated heterocycles. The van der Waals surface area contributed by atoms with Gasteiger partial charge in [-0.15, -0.1) is 0 Å². The van der Waals surface area contributed by atoms with Crippen LogP contribution in [0.1, 0.15) is 83.1 Å². The van der Waals surface area contributed by atoms with E-state index in [0.717, 1.165) is 12.1 Å². The van der Waals surface area contributed by atoms with Crippen molar-refractivity contribution >= 4 is 36.0 Å². The number of ether oxygens (including phenoxy) is 4. The summed E-state index contributed by atoms with van der Waals surface area (Å²) in [5.74, 6) is -0.828. The van der Waals surface area contributed by atoms with Crippen LogP contribution in [0.3, 0.4) is 0 Å². The predicted molar refractivity (Wildman–Crippen MR) is 137 cm³/mol. The first-order valence-electron chi connectivity index (χ1n) is 11.6. The molecule has 1 aromatic rings. The highest BCUT2D eigenvalue weighted by Gasteiger charge is 2.37. The van der Waals surface area contributed by atoms with Crippen molar-refractivity contribution in [1.82, 2.24) is 4.98 Å². The van der Waals surface area contributed by atoms with Crippen LogP contribution in [0, 0.1) is 0 Å². The summed E-state index contributed by atoms with van der Waals surface area (Å²) < 4.78 is 21.3. The lowest BCUT2D eigenvalue weighted by Gasteiger charge is -2.30. The van der Waals surface area contributed by atoms with Crippen LogP contribution in [-0.2, 0) is 18.9 Å². The summed E-state index contributed by atoms with van der Waals surface area (Å²) >= 11 is 0. The summed E-state index contributed by atoms with van der Waals surface area (Å²) in [4.78, 5) is 68.2. The molecule has 1 aromatic heterocycles. The largest absolute Gasteiger partial charge is 0.443 e. The minimum atomic E-state index is -1.16. The van der Waals surface area contributed by atoms with Gasteiger partial charge in [-0.2, -0.15) is 9.80 Å². The van der Waals surface area contributed by atoms with Crippen molar-refractivity contribution < 1.29 is 38.1 Å². The Bertz CT molecular complexity index is 944. The van der Waals surface area contributed by atoms with Crippen LogP contribution < -0.4 is 15.2 Å². The van der Waals surface area contributed by atoms with Crippen molar-refractivity contribution in [3.05, 3.63) is 22.4 Å². The summed E-state index contributed by atoms with van der Waals surface area (Å²) in [5, 5.41) is 0. The van der Waals surface area contributed by atoms with Gasteiger partial charge in [0.25, 0.3) is 0 Å². The maximum absolute atomic E-state index is 13.0. The van der Waals surface area contributed by atoms with Crippen molar-refractivity contribution in [3.8, 4) is 0 Å². The smallest absolute Gasteiger partial charge is 0.425 e. The van der Waals surface area contributed by atoms with Gasteiger partial charge < -0.3 is 23.9 Å². The first-order valence-corrected chi connectivity index (χ1v) is 11.6. The summed E-state index contributed by atoms with van der Waals surface area (Å²) in [6, 6.07) is 1.83. The van der Waals surface area contributed by atoms with E-state index < -0.39 is 63.8 Å². The van der Waals surface area contributed by atoms with Gasteiger partial charge in [0.05, 0.1) is 0 Å². The topological polar surface area (TPSA) is 145 Å². The molecule has 1 N–H and O–H groups in total. The zero-order valence-corrected chi connectivity index (χ0v) is 23.7. The highest BCUT2D eigenvalue weighted by atomic mass is 16.6. The molecule has 1 heterocycles. The second-order valence-corrected chi connectivity index (χ2v) is 12.2. The van der Waals surface area contributed by atoms with Crippen LogP contribution in [-0.4, -0.2) is 51.8 Å². The van der Waals surface area contributed by atoms with E-state index in [9.17, 15) is 24.0 Å². The number of nitrogens with one attached hydrogen (secondary N) is 1. The molecule has 12 heteroatoms. The minimum absolute atomic E-state index is 0.414. The van der Waals surface area contributed by atoms with Crippen molar-refractivity contribution in [1.29, 1.82) is 0 Å². The zero-order valence-electron chi connectivity index (χ0n) is 23.7. The molecule has 0 saturated carbocycles. The first-order chi connectivity index (χ1) is 16.4. The lowest BCUT2D eigenvalue weighted by atomic mass is 10.2. The van der Waals surface area contributed by atoms with Crippen LogP contribution in [0.25, 0.3) is 0 Å². The summed E-state index contributed by atoms with van der Waals surface area (Å²) in [5.41, 5.74) is -4.77. The fourth-order valence-corrected chi connectivity index (χ4v) is 2.53. The lowest BCUT2D eigenvalue weighted by molar-refractivity contribution is 0.0411. The number of aromatic amines is 1. The van der Waals surface area contributed by atoms with Crippen molar-refractivity contribution in [2.75, 3.05) is 9.80 Å². The average Bonchev–Trinajstić information content (AvgIpc) is 2.54. The molecule has 4 amide bonds. The number of amides is 4. The first kappa shape index (κ1) is 31.5. The molecule has 0 aliphatic rings. The molecule has 0 radical (unpaired) electrons. The number of nitrogens with zero attached hydrogens (tertiary/aromatic N) is 2. The molecule has 0 bridgehead atoms. The van der Waals surface area contributed by atoms with E-state index in [1.165, 1.54) is 0 Å². The Morgan fingerprint density at radius 1 is 0.541 bits per heavy atom. The van der Waals surface area contributed by atoms with E-state index >= 15 is 0 Å². The van der Waals surface area contributed by atoms with Gasteiger partial charge in [0.1, 0.15) is 34.0 Å². The molecule has 1 rings (SSSR count). The summed E-state index contributed by atoms with van der Waals surface area (Å²) in [6.07, 6.45) is -4.63. The average molecular weight is 526 g/mol. The van der Waals surface area contributed by atoms with Gasteiger partial charge in [0.2, 0.25) is 0 Å². The second kappa shape index (κ2) is 10.8.